The Kier molecular flexibility index (Phi) is 2.31. The number of oxazole rings is 1. The molecule has 1 fully saturated rings. The number of imide groups is 1. The van der Waals surface area contributed by atoms with Gasteiger partial charge in [-0.2, -0.15) is 0 Å². The number of piperazine rings is 1. The summed E-state index contributed by atoms with van der Waals surface area (Å²) in [5.74, 6) is -1.37. The van der Waals surface area contributed by atoms with Crippen LogP contribution in [-0.4, -0.2) is 29.9 Å². The Bertz CT molecular complexity index is 729. The molecule has 0 saturated carbocycles. The predicted molar refractivity (Wildman–Crippen MR) is 66.6 cm³/mol. The van der Waals surface area contributed by atoms with Gasteiger partial charge in [0.1, 0.15) is 0 Å². The molecular weight excluding hydrogens is 252 g/mol. The second kappa shape index (κ2) is 3.87. The largest absolute Gasteiger partial charge is 0.417 e. The fourth-order valence-corrected chi connectivity index (χ4v) is 2.08. The average molecular weight is 262 g/mol. The minimum atomic E-state index is -0.584. The maximum absolute atomic E-state index is 11.3. The highest BCUT2D eigenvalue weighted by Gasteiger charge is 2.24. The third-order valence-corrected chi connectivity index (χ3v) is 2.86. The van der Waals surface area contributed by atoms with Crippen molar-refractivity contribution < 1.29 is 14.0 Å². The number of nitrogen functional groups attached to an aromatic ring is 1. The van der Waals surface area contributed by atoms with Gasteiger partial charge in [-0.25, -0.2) is 4.79 Å². The zero-order chi connectivity index (χ0) is 13.6. The number of benzene rings is 1. The fraction of sp³-hybridized carbons (Fsp3) is 0.182. The van der Waals surface area contributed by atoms with Crippen LogP contribution in [0.3, 0.4) is 0 Å². The molecule has 1 saturated heterocycles. The van der Waals surface area contributed by atoms with Crippen LogP contribution in [0.15, 0.2) is 21.3 Å². The van der Waals surface area contributed by atoms with Gasteiger partial charge in [-0.3, -0.25) is 19.9 Å². The summed E-state index contributed by atoms with van der Waals surface area (Å²) >= 11 is 0. The molecule has 0 spiro atoms. The second-order valence-electron chi connectivity index (χ2n) is 4.25. The molecule has 0 radical (unpaired) electrons. The first-order chi connectivity index (χ1) is 9.02. The number of nitrogens with zero attached hydrogens (tertiary/aromatic N) is 1. The number of amides is 2. The first-order valence-corrected chi connectivity index (χ1v) is 5.53. The Morgan fingerprint density at radius 1 is 1.16 bits per heavy atom. The van der Waals surface area contributed by atoms with Gasteiger partial charge in [0.2, 0.25) is 11.8 Å². The first kappa shape index (κ1) is 11.3. The number of hydrogen-bond acceptors (Lipinski definition) is 6. The smallest absolute Gasteiger partial charge is 0.408 e. The SMILES string of the molecule is Nc1cc2oc(=O)[nH]c2cc1N1CC(=O)NC(=O)C1. The van der Waals surface area contributed by atoms with E-state index in [2.05, 4.69) is 10.3 Å². The molecule has 19 heavy (non-hydrogen) atoms. The summed E-state index contributed by atoms with van der Waals surface area (Å²) in [6.45, 7) is 0.0626. The van der Waals surface area contributed by atoms with E-state index in [0.29, 0.717) is 22.5 Å². The quantitative estimate of drug-likeness (QED) is 0.455. The summed E-state index contributed by atoms with van der Waals surface area (Å²) < 4.78 is 4.88. The molecular formula is C11H10N4O4. The van der Waals surface area contributed by atoms with Crippen LogP contribution < -0.4 is 21.7 Å². The van der Waals surface area contributed by atoms with Gasteiger partial charge in [0.25, 0.3) is 0 Å². The summed E-state index contributed by atoms with van der Waals surface area (Å²) in [7, 11) is 0. The van der Waals surface area contributed by atoms with E-state index in [1.165, 1.54) is 6.07 Å². The Hall–Kier alpha value is -2.77. The normalized spacial score (nSPS) is 15.9. The van der Waals surface area contributed by atoms with E-state index in [1.807, 2.05) is 0 Å². The molecule has 2 aromatic rings. The van der Waals surface area contributed by atoms with Crippen molar-refractivity contribution >= 4 is 34.3 Å². The number of nitrogens with one attached hydrogen (secondary N) is 2. The summed E-state index contributed by atoms with van der Waals surface area (Å²) in [5.41, 5.74) is 7.49. The Morgan fingerprint density at radius 2 is 1.84 bits per heavy atom. The van der Waals surface area contributed by atoms with Crippen LogP contribution in [0.25, 0.3) is 11.1 Å². The maximum Gasteiger partial charge on any atom is 0.417 e. The van der Waals surface area contributed by atoms with Gasteiger partial charge in [-0.05, 0) is 6.07 Å². The number of fused-ring (bicyclic) bond motifs is 1. The summed E-state index contributed by atoms with van der Waals surface area (Å²) in [5, 5.41) is 2.20. The van der Waals surface area contributed by atoms with Crippen molar-refractivity contribution in [2.24, 2.45) is 0 Å². The van der Waals surface area contributed by atoms with E-state index in [4.69, 9.17) is 10.2 Å². The van der Waals surface area contributed by atoms with Crippen molar-refractivity contribution in [3.63, 3.8) is 0 Å². The van der Waals surface area contributed by atoms with Crippen molar-refractivity contribution in [1.29, 1.82) is 0 Å². The van der Waals surface area contributed by atoms with Gasteiger partial charge in [0.15, 0.2) is 5.58 Å². The maximum atomic E-state index is 11.3. The number of hydrogen-bond donors (Lipinski definition) is 3. The Balaban J connectivity index is 2.08. The zero-order valence-corrected chi connectivity index (χ0v) is 9.73. The van der Waals surface area contributed by atoms with Gasteiger partial charge in [0, 0.05) is 6.07 Å². The lowest BCUT2D eigenvalue weighted by molar-refractivity contribution is -0.130. The molecule has 0 unspecified atom stereocenters. The first-order valence-electron chi connectivity index (χ1n) is 5.53. The molecule has 2 amide bonds. The van der Waals surface area contributed by atoms with Crippen LogP contribution in [0.5, 0.6) is 0 Å². The zero-order valence-electron chi connectivity index (χ0n) is 9.73. The number of aromatic nitrogens is 1. The lowest BCUT2D eigenvalue weighted by Crippen LogP contribution is -2.51. The molecule has 8 nitrogen and oxygen atoms in total. The molecule has 4 N–H and O–H groups in total. The summed E-state index contributed by atoms with van der Waals surface area (Å²) in [4.78, 5) is 37.8. The van der Waals surface area contributed by atoms with Crippen LogP contribution >= 0.6 is 0 Å². The van der Waals surface area contributed by atoms with E-state index in [0.717, 1.165) is 0 Å². The molecule has 1 aliphatic heterocycles. The standard InChI is InChI=1S/C11H10N4O4/c12-5-1-8-6(13-11(18)19-8)2-7(5)15-3-9(16)14-10(17)4-15/h1-2H,3-4,12H2,(H,13,18)(H,14,16,17). The van der Waals surface area contributed by atoms with Gasteiger partial charge >= 0.3 is 5.76 Å². The molecule has 1 aromatic heterocycles. The van der Waals surface area contributed by atoms with Crippen molar-refractivity contribution in [2.75, 3.05) is 23.7 Å². The van der Waals surface area contributed by atoms with E-state index in [-0.39, 0.29) is 13.1 Å². The molecule has 8 heteroatoms. The molecule has 1 aromatic carbocycles. The van der Waals surface area contributed by atoms with Gasteiger partial charge in [0.05, 0.1) is 30.0 Å². The Labute approximate surface area is 106 Å². The monoisotopic (exact) mass is 262 g/mol. The second-order valence-corrected chi connectivity index (χ2v) is 4.25. The molecule has 1 aliphatic rings. The topological polar surface area (TPSA) is 121 Å². The number of carbonyl (C=O) groups is 2. The minimum Gasteiger partial charge on any atom is -0.408 e. The third-order valence-electron chi connectivity index (χ3n) is 2.86. The van der Waals surface area contributed by atoms with Crippen LogP contribution in [0.4, 0.5) is 11.4 Å². The van der Waals surface area contributed by atoms with Crippen molar-refractivity contribution in [2.45, 2.75) is 0 Å². The summed E-state index contributed by atoms with van der Waals surface area (Å²) in [6.07, 6.45) is 0. The molecule has 0 bridgehead atoms. The highest BCUT2D eigenvalue weighted by atomic mass is 16.4. The Morgan fingerprint density at radius 3 is 2.53 bits per heavy atom. The lowest BCUT2D eigenvalue weighted by atomic mass is 10.2. The highest BCUT2D eigenvalue weighted by Crippen LogP contribution is 2.28. The average Bonchev–Trinajstić information content (AvgIpc) is 2.65. The minimum absolute atomic E-state index is 0.0313. The van der Waals surface area contributed by atoms with E-state index in [9.17, 15) is 14.4 Å². The van der Waals surface area contributed by atoms with Crippen LogP contribution in [0.2, 0.25) is 0 Å². The van der Waals surface area contributed by atoms with Crippen molar-refractivity contribution in [1.82, 2.24) is 10.3 Å². The number of aromatic amines is 1. The number of rotatable bonds is 1. The predicted octanol–water partition coefficient (Wildman–Crippen LogP) is -0.834. The van der Waals surface area contributed by atoms with Crippen LogP contribution in [-0.2, 0) is 9.59 Å². The third kappa shape index (κ3) is 1.92. The van der Waals surface area contributed by atoms with E-state index < -0.39 is 17.6 Å². The van der Waals surface area contributed by atoms with E-state index in [1.54, 1.807) is 11.0 Å². The summed E-state index contributed by atoms with van der Waals surface area (Å²) in [6, 6.07) is 3.07. The van der Waals surface area contributed by atoms with Crippen LogP contribution in [0, 0.1) is 0 Å². The fourth-order valence-electron chi connectivity index (χ4n) is 2.08. The highest BCUT2D eigenvalue weighted by molar-refractivity contribution is 6.03. The number of anilines is 2. The molecule has 0 atom stereocenters. The van der Waals surface area contributed by atoms with E-state index >= 15 is 0 Å². The lowest BCUT2D eigenvalue weighted by Gasteiger charge is -2.28. The van der Waals surface area contributed by atoms with Crippen molar-refractivity contribution in [3.8, 4) is 0 Å². The molecule has 0 aliphatic carbocycles. The molecule has 98 valence electrons. The van der Waals surface area contributed by atoms with Gasteiger partial charge < -0.3 is 15.1 Å². The van der Waals surface area contributed by atoms with Gasteiger partial charge in [-0.15, -0.1) is 0 Å². The van der Waals surface area contributed by atoms with Crippen molar-refractivity contribution in [3.05, 3.63) is 22.7 Å². The number of nitrogens with two attached hydrogens (primary N) is 1. The van der Waals surface area contributed by atoms with Gasteiger partial charge in [-0.1, -0.05) is 0 Å². The number of carbonyl (C=O) groups excluding carboxylic acids is 2. The van der Waals surface area contributed by atoms with Crippen LogP contribution in [0.1, 0.15) is 0 Å². The number of H-pyrrole nitrogens is 1. The molecule has 3 rings (SSSR count). The molecule has 2 heterocycles.